The van der Waals surface area contributed by atoms with Gasteiger partial charge in [-0.25, -0.2) is 0 Å². The molecule has 0 aromatic carbocycles. The van der Waals surface area contributed by atoms with Crippen molar-refractivity contribution in [1.29, 1.82) is 0 Å². The van der Waals surface area contributed by atoms with Gasteiger partial charge in [0.2, 0.25) is 5.91 Å². The smallest absolute Gasteiger partial charge is 0.318 e. The monoisotopic (exact) mass is 265 g/mol. The van der Waals surface area contributed by atoms with Crippen LogP contribution in [0.5, 0.6) is 0 Å². The number of ketones is 1. The third-order valence-electron chi connectivity index (χ3n) is 5.15. The van der Waals surface area contributed by atoms with Crippen molar-refractivity contribution in [3.05, 3.63) is 0 Å². The maximum atomic E-state index is 12.3. The molecule has 0 bridgehead atoms. The molecule has 0 unspecified atom stereocenters. The van der Waals surface area contributed by atoms with Crippen LogP contribution in [-0.4, -0.2) is 41.8 Å². The van der Waals surface area contributed by atoms with Crippen molar-refractivity contribution < 1.29 is 19.1 Å². The van der Waals surface area contributed by atoms with E-state index in [1.165, 1.54) is 7.11 Å². The summed E-state index contributed by atoms with van der Waals surface area (Å²) in [5.41, 5.74) is -0.572. The molecular formula is C14H19NO4. The minimum atomic E-state index is -0.761. The number of carbonyl (C=O) groups excluding carboxylic acids is 3. The molecule has 0 aromatic rings. The Labute approximate surface area is 112 Å². The van der Waals surface area contributed by atoms with E-state index >= 15 is 0 Å². The van der Waals surface area contributed by atoms with Gasteiger partial charge in [-0.3, -0.25) is 14.4 Å². The Morgan fingerprint density at radius 1 is 1.37 bits per heavy atom. The van der Waals surface area contributed by atoms with Gasteiger partial charge >= 0.3 is 5.97 Å². The van der Waals surface area contributed by atoms with Crippen LogP contribution in [0.15, 0.2) is 0 Å². The minimum Gasteiger partial charge on any atom is -0.468 e. The molecule has 0 radical (unpaired) electrons. The molecule has 2 aliphatic heterocycles. The molecule has 104 valence electrons. The standard InChI is InChI=1S/C14H19NO4/c1-19-13(18)12-10(16)5-7-15-11(17)8-9-4-2-3-6-14(9,12)15/h9,12H,2-8H2,1H3/t9-,12+,14-/m0/s1. The quantitative estimate of drug-likeness (QED) is 0.522. The van der Waals surface area contributed by atoms with E-state index in [0.29, 0.717) is 13.0 Å². The van der Waals surface area contributed by atoms with E-state index in [9.17, 15) is 14.4 Å². The lowest BCUT2D eigenvalue weighted by Crippen LogP contribution is -2.64. The van der Waals surface area contributed by atoms with E-state index in [1.54, 1.807) is 0 Å². The number of carbonyl (C=O) groups is 3. The molecule has 1 spiro atoms. The van der Waals surface area contributed by atoms with Crippen LogP contribution in [-0.2, 0) is 19.1 Å². The average molecular weight is 265 g/mol. The first-order valence-electron chi connectivity index (χ1n) is 7.02. The molecule has 2 saturated heterocycles. The molecule has 3 atom stereocenters. The molecule has 2 heterocycles. The molecule has 3 rings (SSSR count). The maximum Gasteiger partial charge on any atom is 0.318 e. The van der Waals surface area contributed by atoms with Crippen molar-refractivity contribution in [2.75, 3.05) is 13.7 Å². The van der Waals surface area contributed by atoms with Crippen molar-refractivity contribution in [3.8, 4) is 0 Å². The summed E-state index contributed by atoms with van der Waals surface area (Å²) >= 11 is 0. The Balaban J connectivity index is 2.07. The second-order valence-electron chi connectivity index (χ2n) is 5.86. The van der Waals surface area contributed by atoms with Gasteiger partial charge in [0.05, 0.1) is 12.6 Å². The Morgan fingerprint density at radius 2 is 2.16 bits per heavy atom. The van der Waals surface area contributed by atoms with Gasteiger partial charge in [0.15, 0.2) is 5.78 Å². The summed E-state index contributed by atoms with van der Waals surface area (Å²) in [7, 11) is 1.32. The van der Waals surface area contributed by atoms with Gasteiger partial charge in [-0.2, -0.15) is 0 Å². The molecule has 1 amide bonds. The van der Waals surface area contributed by atoms with Crippen LogP contribution < -0.4 is 0 Å². The SMILES string of the molecule is COC(=O)[C@H]1C(=O)CCN2C(=O)C[C@@H]3CCCC[C@]312. The van der Waals surface area contributed by atoms with Gasteiger partial charge < -0.3 is 9.64 Å². The summed E-state index contributed by atoms with van der Waals surface area (Å²) in [6.07, 6.45) is 4.51. The van der Waals surface area contributed by atoms with Gasteiger partial charge in [0, 0.05) is 19.4 Å². The van der Waals surface area contributed by atoms with Crippen LogP contribution in [0.3, 0.4) is 0 Å². The molecule has 19 heavy (non-hydrogen) atoms. The van der Waals surface area contributed by atoms with E-state index in [2.05, 4.69) is 0 Å². The predicted molar refractivity (Wildman–Crippen MR) is 66.1 cm³/mol. The number of methoxy groups -OCH3 is 1. The first kappa shape index (κ1) is 12.6. The lowest BCUT2D eigenvalue weighted by Gasteiger charge is -2.51. The summed E-state index contributed by atoms with van der Waals surface area (Å²) in [6, 6.07) is 0. The van der Waals surface area contributed by atoms with Gasteiger partial charge in [-0.15, -0.1) is 0 Å². The lowest BCUT2D eigenvalue weighted by molar-refractivity contribution is -0.164. The highest BCUT2D eigenvalue weighted by atomic mass is 16.5. The second-order valence-corrected chi connectivity index (χ2v) is 5.86. The molecule has 0 N–H and O–H groups in total. The molecule has 1 aliphatic carbocycles. The fraction of sp³-hybridized carbons (Fsp3) is 0.786. The normalized spacial score (nSPS) is 37.8. The Morgan fingerprint density at radius 3 is 2.89 bits per heavy atom. The fourth-order valence-corrected chi connectivity index (χ4v) is 4.41. The number of rotatable bonds is 1. The second kappa shape index (κ2) is 4.32. The zero-order valence-corrected chi connectivity index (χ0v) is 11.2. The van der Waals surface area contributed by atoms with Crippen molar-refractivity contribution >= 4 is 17.7 Å². The average Bonchev–Trinajstić information content (AvgIpc) is 2.70. The number of amides is 1. The Kier molecular flexibility index (Phi) is 2.87. The zero-order valence-electron chi connectivity index (χ0n) is 11.2. The van der Waals surface area contributed by atoms with Crippen molar-refractivity contribution in [2.45, 2.75) is 44.1 Å². The summed E-state index contributed by atoms with van der Waals surface area (Å²) in [5, 5.41) is 0. The number of esters is 1. The van der Waals surface area contributed by atoms with E-state index in [1.807, 2.05) is 4.90 Å². The Bertz CT molecular complexity index is 439. The van der Waals surface area contributed by atoms with Gasteiger partial charge in [0.25, 0.3) is 0 Å². The van der Waals surface area contributed by atoms with Crippen LogP contribution in [0.4, 0.5) is 0 Å². The number of hydrogen-bond acceptors (Lipinski definition) is 4. The van der Waals surface area contributed by atoms with Gasteiger partial charge in [0.1, 0.15) is 5.92 Å². The van der Waals surface area contributed by atoms with E-state index < -0.39 is 17.4 Å². The zero-order chi connectivity index (χ0) is 13.6. The van der Waals surface area contributed by atoms with Crippen LogP contribution in [0.1, 0.15) is 38.5 Å². The van der Waals surface area contributed by atoms with Crippen molar-refractivity contribution in [2.24, 2.45) is 11.8 Å². The highest BCUT2D eigenvalue weighted by Gasteiger charge is 2.63. The molecule has 1 saturated carbocycles. The third kappa shape index (κ3) is 1.56. The first-order chi connectivity index (χ1) is 9.11. The maximum absolute atomic E-state index is 12.3. The van der Waals surface area contributed by atoms with Crippen LogP contribution in [0.2, 0.25) is 0 Å². The van der Waals surface area contributed by atoms with Gasteiger partial charge in [-0.05, 0) is 18.8 Å². The number of Topliss-reactive ketones (excluding diaryl/α,β-unsaturated/α-hetero) is 1. The van der Waals surface area contributed by atoms with E-state index in [-0.39, 0.29) is 24.0 Å². The summed E-state index contributed by atoms with van der Waals surface area (Å²) in [5.74, 6) is -1.03. The van der Waals surface area contributed by atoms with Crippen molar-refractivity contribution in [3.63, 3.8) is 0 Å². The summed E-state index contributed by atoms with van der Waals surface area (Å²) in [6.45, 7) is 0.474. The molecule has 3 aliphatic rings. The molecular weight excluding hydrogens is 246 g/mol. The molecule has 0 aromatic heterocycles. The highest BCUT2D eigenvalue weighted by Crippen LogP contribution is 2.52. The number of piperidine rings is 1. The summed E-state index contributed by atoms with van der Waals surface area (Å²) in [4.78, 5) is 38.4. The van der Waals surface area contributed by atoms with E-state index in [4.69, 9.17) is 4.74 Å². The predicted octanol–water partition coefficient (Wildman–Crippen LogP) is 0.910. The van der Waals surface area contributed by atoms with Crippen LogP contribution >= 0.6 is 0 Å². The largest absolute Gasteiger partial charge is 0.468 e. The summed E-state index contributed by atoms with van der Waals surface area (Å²) < 4.78 is 4.85. The van der Waals surface area contributed by atoms with Gasteiger partial charge in [-0.1, -0.05) is 12.8 Å². The van der Waals surface area contributed by atoms with Crippen molar-refractivity contribution in [1.82, 2.24) is 4.90 Å². The third-order valence-corrected chi connectivity index (χ3v) is 5.15. The molecule has 5 heteroatoms. The Hall–Kier alpha value is -1.39. The minimum absolute atomic E-state index is 0.0512. The lowest BCUT2D eigenvalue weighted by atomic mass is 9.63. The number of nitrogens with zero attached hydrogens (tertiary/aromatic N) is 1. The first-order valence-corrected chi connectivity index (χ1v) is 7.02. The number of ether oxygens (including phenoxy) is 1. The number of hydrogen-bond donors (Lipinski definition) is 0. The topological polar surface area (TPSA) is 63.7 Å². The molecule has 5 nitrogen and oxygen atoms in total. The fourth-order valence-electron chi connectivity index (χ4n) is 4.41. The molecule has 3 fully saturated rings. The van der Waals surface area contributed by atoms with E-state index in [0.717, 1.165) is 25.7 Å². The highest BCUT2D eigenvalue weighted by molar-refractivity contribution is 6.03. The van der Waals surface area contributed by atoms with Crippen LogP contribution in [0, 0.1) is 11.8 Å². The van der Waals surface area contributed by atoms with Crippen LogP contribution in [0.25, 0.3) is 0 Å².